The van der Waals surface area contributed by atoms with Crippen LogP contribution in [0, 0.1) is 23.2 Å². The van der Waals surface area contributed by atoms with Crippen molar-refractivity contribution in [1.29, 1.82) is 5.26 Å². The van der Waals surface area contributed by atoms with Gasteiger partial charge in [-0.3, -0.25) is 0 Å². The maximum absolute atomic E-state index is 10.3. The van der Waals surface area contributed by atoms with Crippen LogP contribution in [0.3, 0.4) is 0 Å². The fraction of sp³-hybridized carbons (Fsp3) is 0.357. The van der Waals surface area contributed by atoms with Crippen molar-refractivity contribution in [2.75, 3.05) is 18.0 Å². The van der Waals surface area contributed by atoms with Gasteiger partial charge < -0.3 is 4.90 Å². The summed E-state index contributed by atoms with van der Waals surface area (Å²) in [5.74, 6) is 1.07. The van der Waals surface area contributed by atoms with Gasteiger partial charge >= 0.3 is 0 Å². The Morgan fingerprint density at radius 1 is 1.00 bits per heavy atom. The van der Waals surface area contributed by atoms with Crippen molar-refractivity contribution >= 4 is 17.1 Å². The molecule has 31 heavy (non-hydrogen) atoms. The van der Waals surface area contributed by atoms with Crippen LogP contribution in [-0.2, 0) is 12.8 Å². The van der Waals surface area contributed by atoms with Crippen LogP contribution in [0.5, 0.6) is 0 Å². The van der Waals surface area contributed by atoms with Crippen molar-refractivity contribution in [1.82, 2.24) is 0 Å². The predicted octanol–water partition coefficient (Wildman–Crippen LogP) is 5.54. The molecule has 3 nitrogen and oxygen atoms in total. The van der Waals surface area contributed by atoms with E-state index in [1.165, 1.54) is 39.5 Å². The van der Waals surface area contributed by atoms with Crippen LogP contribution in [0.4, 0.5) is 11.4 Å². The number of rotatable bonds is 1. The molecule has 2 atom stereocenters. The molecular weight excluding hydrogens is 378 g/mol. The molecule has 0 fully saturated rings. The van der Waals surface area contributed by atoms with Gasteiger partial charge in [-0.1, -0.05) is 43.3 Å². The predicted molar refractivity (Wildman–Crippen MR) is 125 cm³/mol. The first-order valence-corrected chi connectivity index (χ1v) is 11.7. The second-order valence-corrected chi connectivity index (χ2v) is 9.41. The lowest BCUT2D eigenvalue weighted by molar-refractivity contribution is -0.430. The van der Waals surface area contributed by atoms with Gasteiger partial charge in [-0.15, -0.1) is 0 Å². The van der Waals surface area contributed by atoms with Crippen LogP contribution in [0.2, 0.25) is 0 Å². The lowest BCUT2D eigenvalue weighted by atomic mass is 9.70. The van der Waals surface area contributed by atoms with Crippen LogP contribution in [0.1, 0.15) is 37.3 Å². The number of anilines is 1. The molecule has 0 bridgehead atoms. The minimum Gasteiger partial charge on any atom is -0.345 e. The van der Waals surface area contributed by atoms with Gasteiger partial charge in [-0.2, -0.15) is 9.84 Å². The highest BCUT2D eigenvalue weighted by Crippen LogP contribution is 2.44. The lowest BCUT2D eigenvalue weighted by Crippen LogP contribution is -2.33. The van der Waals surface area contributed by atoms with Crippen molar-refractivity contribution in [2.24, 2.45) is 11.8 Å². The number of benzene rings is 2. The molecule has 154 valence electrons. The van der Waals surface area contributed by atoms with Gasteiger partial charge in [0.25, 0.3) is 0 Å². The fourth-order valence-electron chi connectivity index (χ4n) is 6.22. The number of hydrogen-bond acceptors (Lipinski definition) is 2. The summed E-state index contributed by atoms with van der Waals surface area (Å²) in [5.41, 5.74) is 10.3. The highest BCUT2D eigenvalue weighted by Gasteiger charge is 2.40. The Kier molecular flexibility index (Phi) is 4.35. The van der Waals surface area contributed by atoms with Crippen LogP contribution >= 0.6 is 0 Å². The molecule has 2 aliphatic heterocycles. The third-order valence-corrected chi connectivity index (χ3v) is 7.77. The molecule has 2 aliphatic carbocycles. The number of fused-ring (bicyclic) bond motifs is 3. The molecule has 0 saturated carbocycles. The number of para-hydroxylation sites is 2. The first-order valence-electron chi connectivity index (χ1n) is 11.7. The Balaban J connectivity index is 1.48. The smallest absolute Gasteiger partial charge is 0.208 e. The van der Waals surface area contributed by atoms with Gasteiger partial charge in [0, 0.05) is 42.4 Å². The molecule has 0 spiro atoms. The van der Waals surface area contributed by atoms with E-state index >= 15 is 0 Å². The van der Waals surface area contributed by atoms with Crippen molar-refractivity contribution in [3.8, 4) is 6.07 Å². The normalized spacial score (nSPS) is 26.8. The number of allylic oxidation sites excluding steroid dienone is 4. The van der Waals surface area contributed by atoms with Crippen LogP contribution in [-0.4, -0.2) is 23.4 Å². The van der Waals surface area contributed by atoms with E-state index < -0.39 is 0 Å². The second-order valence-electron chi connectivity index (χ2n) is 9.41. The molecule has 0 saturated heterocycles. The van der Waals surface area contributed by atoms with E-state index in [1.54, 1.807) is 0 Å². The van der Waals surface area contributed by atoms with Gasteiger partial charge in [0.15, 0.2) is 12.3 Å². The van der Waals surface area contributed by atoms with E-state index in [4.69, 9.17) is 0 Å². The van der Waals surface area contributed by atoms with Gasteiger partial charge in [0.1, 0.15) is 11.6 Å². The molecule has 6 rings (SSSR count). The van der Waals surface area contributed by atoms with Crippen molar-refractivity contribution in [3.63, 3.8) is 0 Å². The third-order valence-electron chi connectivity index (χ3n) is 7.77. The Labute approximate surface area is 184 Å². The molecule has 2 unspecified atom stereocenters. The van der Waals surface area contributed by atoms with Crippen LogP contribution in [0.15, 0.2) is 71.5 Å². The molecule has 0 N–H and O–H groups in total. The molecule has 0 amide bonds. The summed E-state index contributed by atoms with van der Waals surface area (Å²) in [6, 6.07) is 20.1. The minimum atomic E-state index is 0.498. The summed E-state index contributed by atoms with van der Waals surface area (Å²) in [4.78, 5) is 2.50. The molecular formula is C28H28N3+. The maximum atomic E-state index is 10.3. The average molecular weight is 407 g/mol. The Morgan fingerprint density at radius 2 is 1.81 bits per heavy atom. The van der Waals surface area contributed by atoms with Gasteiger partial charge in [0.05, 0.1) is 0 Å². The quantitative estimate of drug-likeness (QED) is 0.582. The van der Waals surface area contributed by atoms with Gasteiger partial charge in [0.2, 0.25) is 5.69 Å². The van der Waals surface area contributed by atoms with E-state index in [0.717, 1.165) is 50.8 Å². The number of nitrogens with zero attached hydrogens (tertiary/aromatic N) is 3. The highest BCUT2D eigenvalue weighted by molar-refractivity contribution is 6.03. The number of nitriles is 1. The molecule has 2 heterocycles. The van der Waals surface area contributed by atoms with E-state index in [0.29, 0.717) is 11.8 Å². The Hall–Kier alpha value is -3.12. The monoisotopic (exact) mass is 406 g/mol. The van der Waals surface area contributed by atoms with E-state index in [9.17, 15) is 5.26 Å². The van der Waals surface area contributed by atoms with Gasteiger partial charge in [-0.25, -0.2) is 0 Å². The Morgan fingerprint density at radius 3 is 2.68 bits per heavy atom. The third kappa shape index (κ3) is 2.89. The van der Waals surface area contributed by atoms with Crippen molar-refractivity contribution in [3.05, 3.63) is 82.6 Å². The maximum Gasteiger partial charge on any atom is 0.208 e. The molecule has 0 aromatic heterocycles. The SMILES string of the molecule is CC1C/C(=[N+]2/CCc3ccccc32)C(C#N)=C2C=C(N3CCc4ccccc43)CCC21. The van der Waals surface area contributed by atoms with Crippen LogP contribution in [0.25, 0.3) is 0 Å². The zero-order chi connectivity index (χ0) is 20.9. The van der Waals surface area contributed by atoms with Crippen LogP contribution < -0.4 is 4.90 Å². The standard InChI is InChI=1S/C28H28N3/c1-19-16-28(31-15-13-21-7-3-5-9-27(21)31)25(18-29)24-17-22(10-11-23(19)24)30-14-12-20-6-2-4-8-26(20)30/h2-9,17,19,23H,10-16H2,1H3/q+1. The fourth-order valence-corrected chi connectivity index (χ4v) is 6.22. The second kappa shape index (κ2) is 7.24. The van der Waals surface area contributed by atoms with Crippen molar-refractivity contribution in [2.45, 2.75) is 39.0 Å². The highest BCUT2D eigenvalue weighted by atomic mass is 15.2. The summed E-state index contributed by atoms with van der Waals surface area (Å²) in [5, 5.41) is 10.3. The zero-order valence-electron chi connectivity index (χ0n) is 18.1. The average Bonchev–Trinajstić information content (AvgIpc) is 3.43. The topological polar surface area (TPSA) is 30.0 Å². The Bertz CT molecular complexity index is 1210. The summed E-state index contributed by atoms with van der Waals surface area (Å²) >= 11 is 0. The molecule has 3 heteroatoms. The summed E-state index contributed by atoms with van der Waals surface area (Å²) in [6.45, 7) is 4.42. The molecule has 4 aliphatic rings. The summed E-state index contributed by atoms with van der Waals surface area (Å²) < 4.78 is 2.43. The lowest BCUT2D eigenvalue weighted by Gasteiger charge is -2.36. The van der Waals surface area contributed by atoms with Gasteiger partial charge in [-0.05, 0) is 54.4 Å². The zero-order valence-corrected chi connectivity index (χ0v) is 18.1. The van der Waals surface area contributed by atoms with E-state index in [-0.39, 0.29) is 0 Å². The van der Waals surface area contributed by atoms with E-state index in [1.807, 2.05) is 0 Å². The summed E-state index contributed by atoms with van der Waals surface area (Å²) in [7, 11) is 0. The first-order chi connectivity index (χ1) is 15.2. The molecule has 0 radical (unpaired) electrons. The largest absolute Gasteiger partial charge is 0.345 e. The molecule has 2 aromatic rings. The first kappa shape index (κ1) is 18.6. The van der Waals surface area contributed by atoms with Crippen molar-refractivity contribution < 1.29 is 4.58 Å². The summed E-state index contributed by atoms with van der Waals surface area (Å²) in [6.07, 6.45) is 7.81. The number of hydrogen-bond donors (Lipinski definition) is 0. The minimum absolute atomic E-state index is 0.498. The molecule has 2 aromatic carbocycles. The van der Waals surface area contributed by atoms with E-state index in [2.05, 4.69) is 77.1 Å².